The van der Waals surface area contributed by atoms with Crippen LogP contribution in [0.15, 0.2) is 42.5 Å². The lowest BCUT2D eigenvalue weighted by Crippen LogP contribution is -2.45. The van der Waals surface area contributed by atoms with Gasteiger partial charge in [0, 0.05) is 11.6 Å². The standard InChI is InChI=1S/C16H23F3N2.C7H6F2/c17-16(18,19)14-7-4-6-13(12-14)15(21-11-5-10-20)8-2-1-3-9-15;1-5-2-6(8)4-7(9)3-5/h4,6-7,12,21H,1-3,5,8-11,20H2;2-4H,1H3. The van der Waals surface area contributed by atoms with E-state index in [4.69, 9.17) is 5.73 Å². The lowest BCUT2D eigenvalue weighted by atomic mass is 9.76. The van der Waals surface area contributed by atoms with Gasteiger partial charge >= 0.3 is 6.18 Å². The molecule has 0 aromatic heterocycles. The highest BCUT2D eigenvalue weighted by Crippen LogP contribution is 2.39. The van der Waals surface area contributed by atoms with Gasteiger partial charge in [0.2, 0.25) is 0 Å². The maximum atomic E-state index is 12.9. The average Bonchev–Trinajstić information content (AvgIpc) is 2.68. The van der Waals surface area contributed by atoms with E-state index < -0.39 is 23.4 Å². The van der Waals surface area contributed by atoms with Crippen LogP contribution in [-0.4, -0.2) is 13.1 Å². The van der Waals surface area contributed by atoms with Gasteiger partial charge in [-0.1, -0.05) is 31.4 Å². The number of aryl methyl sites for hydroxylation is 1. The lowest BCUT2D eigenvalue weighted by molar-refractivity contribution is -0.137. The molecule has 1 saturated carbocycles. The maximum absolute atomic E-state index is 12.9. The van der Waals surface area contributed by atoms with Crippen LogP contribution in [0.2, 0.25) is 0 Å². The third-order valence-electron chi connectivity index (χ3n) is 5.30. The summed E-state index contributed by atoms with van der Waals surface area (Å²) in [5.74, 6) is -1.04. The number of benzene rings is 2. The van der Waals surface area contributed by atoms with Crippen LogP contribution >= 0.6 is 0 Å². The lowest BCUT2D eigenvalue weighted by Gasteiger charge is -2.39. The van der Waals surface area contributed by atoms with Crippen molar-refractivity contribution < 1.29 is 22.0 Å². The van der Waals surface area contributed by atoms with Gasteiger partial charge in [0.1, 0.15) is 11.6 Å². The van der Waals surface area contributed by atoms with Gasteiger partial charge in [-0.25, -0.2) is 8.78 Å². The molecule has 2 aromatic rings. The molecule has 0 aliphatic heterocycles. The Kier molecular flexibility index (Phi) is 8.79. The number of rotatable bonds is 5. The first-order valence-electron chi connectivity index (χ1n) is 10.2. The van der Waals surface area contributed by atoms with Crippen molar-refractivity contribution in [1.29, 1.82) is 0 Å². The summed E-state index contributed by atoms with van der Waals surface area (Å²) >= 11 is 0. The number of hydrogen-bond acceptors (Lipinski definition) is 2. The normalized spacial score (nSPS) is 16.0. The molecule has 2 aromatic carbocycles. The number of alkyl halides is 3. The predicted octanol–water partition coefficient (Wildman–Crippen LogP) is 6.08. The van der Waals surface area contributed by atoms with Crippen LogP contribution in [0.4, 0.5) is 22.0 Å². The zero-order chi connectivity index (χ0) is 22.2. The van der Waals surface area contributed by atoms with Crippen LogP contribution in [0.3, 0.4) is 0 Å². The van der Waals surface area contributed by atoms with Gasteiger partial charge in [-0.3, -0.25) is 0 Å². The van der Waals surface area contributed by atoms with Crippen LogP contribution in [0.1, 0.15) is 55.2 Å². The number of nitrogens with one attached hydrogen (secondary N) is 1. The topological polar surface area (TPSA) is 38.0 Å². The van der Waals surface area contributed by atoms with E-state index in [1.165, 1.54) is 24.3 Å². The Bertz CT molecular complexity index is 748. The molecule has 0 radical (unpaired) electrons. The first-order valence-corrected chi connectivity index (χ1v) is 10.2. The van der Waals surface area contributed by atoms with Crippen LogP contribution in [-0.2, 0) is 11.7 Å². The van der Waals surface area contributed by atoms with E-state index in [1.807, 2.05) is 6.07 Å². The van der Waals surface area contributed by atoms with Crippen molar-refractivity contribution in [2.45, 2.75) is 57.2 Å². The third-order valence-corrected chi connectivity index (χ3v) is 5.30. The minimum Gasteiger partial charge on any atom is -0.330 e. The maximum Gasteiger partial charge on any atom is 0.416 e. The zero-order valence-corrected chi connectivity index (χ0v) is 17.2. The second kappa shape index (κ2) is 10.9. The Labute approximate surface area is 174 Å². The van der Waals surface area contributed by atoms with Crippen molar-refractivity contribution in [2.24, 2.45) is 5.73 Å². The molecule has 3 N–H and O–H groups in total. The van der Waals surface area contributed by atoms with E-state index >= 15 is 0 Å². The van der Waals surface area contributed by atoms with Gasteiger partial charge in [-0.15, -0.1) is 0 Å². The molecule has 166 valence electrons. The summed E-state index contributed by atoms with van der Waals surface area (Å²) in [5, 5.41) is 3.48. The Morgan fingerprint density at radius 3 is 2.13 bits per heavy atom. The SMILES string of the molecule is Cc1cc(F)cc(F)c1.NCCCNC1(c2cccc(C(F)(F)F)c2)CCCCC1. The molecular weight excluding hydrogens is 399 g/mol. The van der Waals surface area contributed by atoms with Crippen molar-refractivity contribution in [2.75, 3.05) is 13.1 Å². The molecule has 0 spiro atoms. The van der Waals surface area contributed by atoms with Gasteiger partial charge in [-0.05, 0) is 74.7 Å². The van der Waals surface area contributed by atoms with Crippen LogP contribution in [0, 0.1) is 18.6 Å². The highest BCUT2D eigenvalue weighted by Gasteiger charge is 2.36. The van der Waals surface area contributed by atoms with E-state index in [-0.39, 0.29) is 5.54 Å². The summed E-state index contributed by atoms with van der Waals surface area (Å²) in [6, 6.07) is 9.19. The van der Waals surface area contributed by atoms with E-state index in [2.05, 4.69) is 5.32 Å². The summed E-state index contributed by atoms with van der Waals surface area (Å²) in [6.07, 6.45) is 1.57. The largest absolute Gasteiger partial charge is 0.416 e. The van der Waals surface area contributed by atoms with Crippen molar-refractivity contribution >= 4 is 0 Å². The average molecular weight is 428 g/mol. The molecule has 7 heteroatoms. The number of nitrogens with two attached hydrogens (primary N) is 1. The predicted molar refractivity (Wildman–Crippen MR) is 109 cm³/mol. The highest BCUT2D eigenvalue weighted by molar-refractivity contribution is 5.31. The van der Waals surface area contributed by atoms with Gasteiger partial charge < -0.3 is 11.1 Å². The second-order valence-electron chi connectivity index (χ2n) is 7.74. The zero-order valence-electron chi connectivity index (χ0n) is 17.2. The number of halogens is 5. The van der Waals surface area contributed by atoms with Crippen molar-refractivity contribution in [1.82, 2.24) is 5.32 Å². The fourth-order valence-corrected chi connectivity index (χ4v) is 3.84. The van der Waals surface area contributed by atoms with Gasteiger partial charge in [0.15, 0.2) is 0 Å². The van der Waals surface area contributed by atoms with E-state index in [9.17, 15) is 22.0 Å². The molecule has 1 aliphatic rings. The first kappa shape index (κ1) is 24.3. The Balaban J connectivity index is 0.000000297. The second-order valence-corrected chi connectivity index (χ2v) is 7.74. The third kappa shape index (κ3) is 7.06. The Hall–Kier alpha value is -1.99. The van der Waals surface area contributed by atoms with Gasteiger partial charge in [0.05, 0.1) is 5.56 Å². The summed E-state index contributed by atoms with van der Waals surface area (Å²) in [6.45, 7) is 2.98. The Morgan fingerprint density at radius 1 is 0.967 bits per heavy atom. The van der Waals surface area contributed by atoms with Crippen LogP contribution < -0.4 is 11.1 Å². The molecule has 0 bridgehead atoms. The van der Waals surface area contributed by atoms with Crippen LogP contribution in [0.5, 0.6) is 0 Å². The molecule has 0 heterocycles. The summed E-state index contributed by atoms with van der Waals surface area (Å²) in [4.78, 5) is 0. The molecule has 1 fully saturated rings. The molecule has 0 unspecified atom stereocenters. The van der Waals surface area contributed by atoms with E-state index in [0.717, 1.165) is 62.8 Å². The van der Waals surface area contributed by atoms with Crippen molar-refractivity contribution in [3.63, 3.8) is 0 Å². The molecule has 30 heavy (non-hydrogen) atoms. The van der Waals surface area contributed by atoms with Gasteiger partial charge in [-0.2, -0.15) is 13.2 Å². The molecule has 2 nitrogen and oxygen atoms in total. The smallest absolute Gasteiger partial charge is 0.330 e. The molecule has 3 rings (SSSR count). The molecule has 0 atom stereocenters. The molecular formula is C23H29F5N2. The number of hydrogen-bond donors (Lipinski definition) is 2. The fraction of sp³-hybridized carbons (Fsp3) is 0.478. The summed E-state index contributed by atoms with van der Waals surface area (Å²) in [7, 11) is 0. The summed E-state index contributed by atoms with van der Waals surface area (Å²) < 4.78 is 63.2. The van der Waals surface area contributed by atoms with Crippen LogP contribution in [0.25, 0.3) is 0 Å². The molecule has 0 saturated heterocycles. The minimum atomic E-state index is -4.29. The van der Waals surface area contributed by atoms with Crippen molar-refractivity contribution in [3.8, 4) is 0 Å². The van der Waals surface area contributed by atoms with E-state index in [0.29, 0.717) is 12.1 Å². The van der Waals surface area contributed by atoms with Crippen molar-refractivity contribution in [3.05, 3.63) is 70.8 Å². The fourth-order valence-electron chi connectivity index (χ4n) is 3.84. The van der Waals surface area contributed by atoms with E-state index in [1.54, 1.807) is 6.92 Å². The minimum absolute atomic E-state index is 0.325. The Morgan fingerprint density at radius 2 is 1.60 bits per heavy atom. The molecule has 0 amide bonds. The van der Waals surface area contributed by atoms with Gasteiger partial charge in [0.25, 0.3) is 0 Å². The molecule has 1 aliphatic carbocycles. The summed E-state index contributed by atoms with van der Waals surface area (Å²) in [5.41, 5.74) is 5.99. The monoisotopic (exact) mass is 428 g/mol. The quantitative estimate of drug-likeness (QED) is 0.448. The highest BCUT2D eigenvalue weighted by atomic mass is 19.4. The first-order chi connectivity index (χ1) is 14.2.